The zero-order chi connectivity index (χ0) is 10.6. The van der Waals surface area contributed by atoms with Crippen LogP contribution in [0.3, 0.4) is 0 Å². The van der Waals surface area contributed by atoms with E-state index in [0.717, 1.165) is 19.6 Å². The average Bonchev–Trinajstić information content (AvgIpc) is 2.02. The first-order valence-electron chi connectivity index (χ1n) is 5.66. The van der Waals surface area contributed by atoms with Gasteiger partial charge in [-0.25, -0.2) is 0 Å². The Morgan fingerprint density at radius 1 is 1.50 bits per heavy atom. The third-order valence-electron chi connectivity index (χ3n) is 2.69. The summed E-state index contributed by atoms with van der Waals surface area (Å²) >= 11 is 0. The predicted molar refractivity (Wildman–Crippen MR) is 62.6 cm³/mol. The molecule has 0 aromatic rings. The zero-order valence-corrected chi connectivity index (χ0v) is 10.1. The van der Waals surface area contributed by atoms with Crippen LogP contribution in [0.5, 0.6) is 0 Å². The van der Waals surface area contributed by atoms with Gasteiger partial charge in [0.2, 0.25) is 0 Å². The molecule has 1 aliphatic rings. The molecule has 0 radical (unpaired) electrons. The molecule has 14 heavy (non-hydrogen) atoms. The molecule has 1 N–H and O–H groups in total. The van der Waals surface area contributed by atoms with Crippen molar-refractivity contribution < 1.29 is 0 Å². The van der Waals surface area contributed by atoms with Gasteiger partial charge in [-0.1, -0.05) is 18.6 Å². The molecule has 0 bridgehead atoms. The first kappa shape index (κ1) is 11.7. The molecule has 0 saturated heterocycles. The van der Waals surface area contributed by atoms with Crippen LogP contribution >= 0.6 is 0 Å². The van der Waals surface area contributed by atoms with Crippen molar-refractivity contribution in [1.82, 2.24) is 10.2 Å². The van der Waals surface area contributed by atoms with Crippen LogP contribution in [0.15, 0.2) is 11.6 Å². The van der Waals surface area contributed by atoms with Gasteiger partial charge in [0, 0.05) is 25.2 Å². The molecule has 0 amide bonds. The molecular formula is C12H24N2. The number of nitrogens with one attached hydrogen (secondary N) is 1. The second-order valence-corrected chi connectivity index (χ2v) is 4.96. The van der Waals surface area contributed by atoms with Crippen LogP contribution in [0.4, 0.5) is 0 Å². The number of hydrogen-bond donors (Lipinski definition) is 1. The average molecular weight is 196 g/mol. The smallest absolute Gasteiger partial charge is 0.0252 e. The lowest BCUT2D eigenvalue weighted by Gasteiger charge is -2.35. The van der Waals surface area contributed by atoms with E-state index >= 15 is 0 Å². The molecule has 1 rings (SSSR count). The minimum absolute atomic E-state index is 0.242. The van der Waals surface area contributed by atoms with Gasteiger partial charge in [-0.2, -0.15) is 0 Å². The van der Waals surface area contributed by atoms with Gasteiger partial charge in [0.05, 0.1) is 0 Å². The number of rotatable bonds is 4. The van der Waals surface area contributed by atoms with Crippen LogP contribution in [0.1, 0.15) is 34.1 Å². The molecule has 0 atom stereocenters. The van der Waals surface area contributed by atoms with Crippen LogP contribution in [-0.2, 0) is 0 Å². The summed E-state index contributed by atoms with van der Waals surface area (Å²) in [5.74, 6) is 0. The van der Waals surface area contributed by atoms with Crippen LogP contribution in [0, 0.1) is 0 Å². The number of hydrogen-bond acceptors (Lipinski definition) is 2. The van der Waals surface area contributed by atoms with E-state index in [-0.39, 0.29) is 5.54 Å². The minimum Gasteiger partial charge on any atom is -0.311 e. The Labute approximate surface area is 88.4 Å². The largest absolute Gasteiger partial charge is 0.311 e. The summed E-state index contributed by atoms with van der Waals surface area (Å²) in [5, 5.41) is 3.52. The second kappa shape index (κ2) is 4.94. The Balaban J connectivity index is 2.40. The van der Waals surface area contributed by atoms with E-state index in [0.29, 0.717) is 0 Å². The van der Waals surface area contributed by atoms with Gasteiger partial charge < -0.3 is 5.32 Å². The molecule has 2 heteroatoms. The summed E-state index contributed by atoms with van der Waals surface area (Å²) in [6.45, 7) is 13.5. The summed E-state index contributed by atoms with van der Waals surface area (Å²) in [7, 11) is 0. The first-order valence-corrected chi connectivity index (χ1v) is 5.66. The monoisotopic (exact) mass is 196 g/mol. The quantitative estimate of drug-likeness (QED) is 0.692. The zero-order valence-electron chi connectivity index (χ0n) is 10.1. The lowest BCUT2D eigenvalue weighted by molar-refractivity contribution is 0.212. The van der Waals surface area contributed by atoms with E-state index in [1.165, 1.54) is 18.5 Å². The van der Waals surface area contributed by atoms with Crippen LogP contribution in [0.25, 0.3) is 0 Å². The van der Waals surface area contributed by atoms with E-state index in [4.69, 9.17) is 0 Å². The molecule has 2 nitrogen and oxygen atoms in total. The van der Waals surface area contributed by atoms with Gasteiger partial charge in [-0.3, -0.25) is 4.90 Å². The fourth-order valence-corrected chi connectivity index (χ4v) is 2.22. The molecule has 0 saturated carbocycles. The molecule has 1 aliphatic heterocycles. The molecule has 82 valence electrons. The normalized spacial score (nSPS) is 19.6. The number of nitrogens with zero attached hydrogens (tertiary/aromatic N) is 1. The Bertz CT molecular complexity index is 206. The van der Waals surface area contributed by atoms with Crippen molar-refractivity contribution in [2.24, 2.45) is 0 Å². The van der Waals surface area contributed by atoms with Crippen molar-refractivity contribution in [3.8, 4) is 0 Å². The molecule has 0 fully saturated rings. The van der Waals surface area contributed by atoms with E-state index in [9.17, 15) is 0 Å². The van der Waals surface area contributed by atoms with E-state index < -0.39 is 0 Å². The Morgan fingerprint density at radius 2 is 2.21 bits per heavy atom. The first-order chi connectivity index (χ1) is 6.53. The van der Waals surface area contributed by atoms with Crippen molar-refractivity contribution in [2.75, 3.05) is 26.2 Å². The lowest BCUT2D eigenvalue weighted by Crippen LogP contribution is -2.50. The fourth-order valence-electron chi connectivity index (χ4n) is 2.22. The molecule has 0 aliphatic carbocycles. The van der Waals surface area contributed by atoms with Crippen LogP contribution in [-0.4, -0.2) is 36.6 Å². The maximum atomic E-state index is 3.52. The van der Waals surface area contributed by atoms with Crippen LogP contribution < -0.4 is 5.32 Å². The van der Waals surface area contributed by atoms with Crippen molar-refractivity contribution in [3.63, 3.8) is 0 Å². The van der Waals surface area contributed by atoms with Crippen molar-refractivity contribution in [2.45, 2.75) is 39.7 Å². The minimum atomic E-state index is 0.242. The van der Waals surface area contributed by atoms with Gasteiger partial charge in [-0.05, 0) is 33.7 Å². The second-order valence-electron chi connectivity index (χ2n) is 4.96. The fraction of sp³-hybridized carbons (Fsp3) is 0.833. The molecule has 0 spiro atoms. The van der Waals surface area contributed by atoms with Gasteiger partial charge in [-0.15, -0.1) is 0 Å². The van der Waals surface area contributed by atoms with E-state index in [1.807, 2.05) is 0 Å². The summed E-state index contributed by atoms with van der Waals surface area (Å²) in [6, 6.07) is 0. The van der Waals surface area contributed by atoms with Crippen molar-refractivity contribution in [1.29, 1.82) is 0 Å². The van der Waals surface area contributed by atoms with Crippen molar-refractivity contribution >= 4 is 0 Å². The Morgan fingerprint density at radius 3 is 2.79 bits per heavy atom. The van der Waals surface area contributed by atoms with Crippen molar-refractivity contribution in [3.05, 3.63) is 11.6 Å². The third kappa shape index (κ3) is 3.81. The highest BCUT2D eigenvalue weighted by atomic mass is 15.2. The highest BCUT2D eigenvalue weighted by Gasteiger charge is 2.21. The van der Waals surface area contributed by atoms with E-state index in [1.54, 1.807) is 0 Å². The highest BCUT2D eigenvalue weighted by molar-refractivity contribution is 5.05. The van der Waals surface area contributed by atoms with E-state index in [2.05, 4.69) is 44.0 Å². The summed E-state index contributed by atoms with van der Waals surface area (Å²) in [4.78, 5) is 2.54. The standard InChI is InChI=1S/C12H24N2/c1-5-13-12(3,4)10-14-8-6-7-11(2)9-14/h7,13H,5-6,8-10H2,1-4H3. The van der Waals surface area contributed by atoms with Gasteiger partial charge in [0.1, 0.15) is 0 Å². The van der Waals surface area contributed by atoms with Gasteiger partial charge >= 0.3 is 0 Å². The Hall–Kier alpha value is -0.340. The lowest BCUT2D eigenvalue weighted by atomic mass is 10.0. The maximum absolute atomic E-state index is 3.52. The molecule has 0 unspecified atom stereocenters. The third-order valence-corrected chi connectivity index (χ3v) is 2.69. The van der Waals surface area contributed by atoms with Gasteiger partial charge in [0.25, 0.3) is 0 Å². The Kier molecular flexibility index (Phi) is 4.14. The summed E-state index contributed by atoms with van der Waals surface area (Å²) in [6.07, 6.45) is 3.57. The molecule has 1 heterocycles. The highest BCUT2D eigenvalue weighted by Crippen LogP contribution is 2.12. The molecule has 0 aromatic carbocycles. The van der Waals surface area contributed by atoms with Gasteiger partial charge in [0.15, 0.2) is 0 Å². The topological polar surface area (TPSA) is 15.3 Å². The maximum Gasteiger partial charge on any atom is 0.0252 e. The summed E-state index contributed by atoms with van der Waals surface area (Å²) in [5.41, 5.74) is 1.76. The molecular weight excluding hydrogens is 172 g/mol. The predicted octanol–water partition coefficient (Wildman–Crippen LogP) is 2.03. The summed E-state index contributed by atoms with van der Waals surface area (Å²) < 4.78 is 0. The van der Waals surface area contributed by atoms with Crippen LogP contribution in [0.2, 0.25) is 0 Å². The SMILES string of the molecule is CCNC(C)(C)CN1CCC=C(C)C1. The number of likely N-dealkylation sites (N-methyl/N-ethyl adjacent to an activating group) is 1. The molecule has 0 aromatic heterocycles.